The highest BCUT2D eigenvalue weighted by atomic mass is 35.5. The van der Waals surface area contributed by atoms with Crippen molar-refractivity contribution >= 4 is 17.5 Å². The summed E-state index contributed by atoms with van der Waals surface area (Å²) in [6, 6.07) is 8.88. The minimum atomic E-state index is -0.231. The van der Waals surface area contributed by atoms with Gasteiger partial charge in [0.15, 0.2) is 0 Å². The molecule has 0 aliphatic carbocycles. The van der Waals surface area contributed by atoms with E-state index in [2.05, 4.69) is 22.1 Å². The summed E-state index contributed by atoms with van der Waals surface area (Å²) in [5.41, 5.74) is 1.97. The zero-order valence-electron chi connectivity index (χ0n) is 11.1. The first kappa shape index (κ1) is 15.0. The molecular weight excluding hydrogens is 288 g/mol. The van der Waals surface area contributed by atoms with Gasteiger partial charge in [0.25, 0.3) is 5.91 Å². The second-order valence-corrected chi connectivity index (χ2v) is 4.67. The Hall–Kier alpha value is -2.35. The fourth-order valence-electron chi connectivity index (χ4n) is 1.66. The van der Waals surface area contributed by atoms with Crippen LogP contribution in [0.25, 0.3) is 0 Å². The van der Waals surface area contributed by atoms with Gasteiger partial charge in [-0.1, -0.05) is 35.6 Å². The molecule has 0 atom stereocenters. The van der Waals surface area contributed by atoms with Gasteiger partial charge in [-0.15, -0.1) is 0 Å². The molecule has 0 aliphatic heterocycles. The number of nitrogens with one attached hydrogen (secondary N) is 1. The van der Waals surface area contributed by atoms with E-state index in [0.717, 1.165) is 5.56 Å². The lowest BCUT2D eigenvalue weighted by Gasteiger charge is -2.05. The van der Waals surface area contributed by atoms with Crippen LogP contribution >= 0.6 is 11.6 Å². The molecule has 1 aromatic heterocycles. The monoisotopic (exact) mass is 300 g/mol. The minimum absolute atomic E-state index is 0.229. The molecule has 0 fully saturated rings. The number of hydrogen-bond donors (Lipinski definition) is 2. The Morgan fingerprint density at radius 3 is 2.76 bits per heavy atom. The van der Waals surface area contributed by atoms with Gasteiger partial charge >= 0.3 is 0 Å². The number of hydrogen-bond acceptors (Lipinski definition) is 3. The van der Waals surface area contributed by atoms with Gasteiger partial charge in [-0.2, -0.15) is 0 Å². The standard InChI is InChI=1S/C16H13ClN2O2/c17-15-5-3-12(4-6-15)10-19-16(21)14-8-13(2-1-7-20)9-18-11-14/h3-6,8-9,11,20H,7,10H2,(H,19,21). The number of halogens is 1. The van der Waals surface area contributed by atoms with Crippen LogP contribution in [0.15, 0.2) is 42.7 Å². The molecule has 1 aromatic carbocycles. The van der Waals surface area contributed by atoms with Crippen molar-refractivity contribution in [2.75, 3.05) is 6.61 Å². The first-order valence-electron chi connectivity index (χ1n) is 6.26. The lowest BCUT2D eigenvalue weighted by molar-refractivity contribution is 0.0950. The number of carbonyl (C=O) groups excluding carboxylic acids is 1. The quantitative estimate of drug-likeness (QED) is 0.852. The average molecular weight is 301 g/mol. The molecule has 0 aliphatic rings. The number of rotatable bonds is 3. The van der Waals surface area contributed by atoms with Crippen molar-refractivity contribution in [3.05, 3.63) is 64.4 Å². The fraction of sp³-hybridized carbons (Fsp3) is 0.125. The molecule has 4 nitrogen and oxygen atoms in total. The number of amides is 1. The van der Waals surface area contributed by atoms with E-state index < -0.39 is 0 Å². The van der Waals surface area contributed by atoms with Crippen LogP contribution in [0.5, 0.6) is 0 Å². The Balaban J connectivity index is 2.01. The summed E-state index contributed by atoms with van der Waals surface area (Å²) >= 11 is 5.80. The van der Waals surface area contributed by atoms with Gasteiger partial charge in [0.1, 0.15) is 6.61 Å². The molecule has 5 heteroatoms. The highest BCUT2D eigenvalue weighted by Gasteiger charge is 2.06. The lowest BCUT2D eigenvalue weighted by atomic mass is 10.2. The van der Waals surface area contributed by atoms with Crippen molar-refractivity contribution in [2.45, 2.75) is 6.54 Å². The molecule has 0 bridgehead atoms. The molecule has 106 valence electrons. The molecule has 2 aromatic rings. The van der Waals surface area contributed by atoms with E-state index in [1.54, 1.807) is 24.4 Å². The Kier molecular flexibility index (Phi) is 5.33. The molecule has 0 spiro atoms. The number of aliphatic hydroxyl groups excluding tert-OH is 1. The largest absolute Gasteiger partial charge is 0.384 e. The van der Waals surface area contributed by atoms with Crippen molar-refractivity contribution in [2.24, 2.45) is 0 Å². The van der Waals surface area contributed by atoms with Gasteiger partial charge in [-0.3, -0.25) is 9.78 Å². The Bertz CT molecular complexity index is 687. The third kappa shape index (κ3) is 4.60. The van der Waals surface area contributed by atoms with E-state index >= 15 is 0 Å². The topological polar surface area (TPSA) is 62.2 Å². The van der Waals surface area contributed by atoms with Crippen LogP contribution in [0.2, 0.25) is 5.02 Å². The van der Waals surface area contributed by atoms with Crippen molar-refractivity contribution in [3.63, 3.8) is 0 Å². The highest BCUT2D eigenvalue weighted by molar-refractivity contribution is 6.30. The molecule has 0 saturated carbocycles. The van der Waals surface area contributed by atoms with E-state index in [0.29, 0.717) is 22.7 Å². The summed E-state index contributed by atoms with van der Waals surface area (Å²) in [4.78, 5) is 16.0. The third-order valence-electron chi connectivity index (χ3n) is 2.68. The SMILES string of the molecule is O=C(NCc1ccc(Cl)cc1)c1cncc(C#CCO)c1. The van der Waals surface area contributed by atoms with Gasteiger partial charge in [-0.05, 0) is 23.8 Å². The number of benzene rings is 1. The number of aromatic nitrogens is 1. The van der Waals surface area contributed by atoms with Gasteiger partial charge in [0.05, 0.1) is 5.56 Å². The van der Waals surface area contributed by atoms with Crippen LogP contribution in [0, 0.1) is 11.8 Å². The summed E-state index contributed by atoms with van der Waals surface area (Å²) in [5.74, 6) is 5.00. The molecule has 1 amide bonds. The van der Waals surface area contributed by atoms with Crippen LogP contribution in [-0.4, -0.2) is 22.6 Å². The Morgan fingerprint density at radius 2 is 2.05 bits per heavy atom. The predicted octanol–water partition coefficient (Wildman–Crippen LogP) is 2.01. The Morgan fingerprint density at radius 1 is 1.29 bits per heavy atom. The Labute approximate surface area is 127 Å². The van der Waals surface area contributed by atoms with Gasteiger partial charge in [-0.25, -0.2) is 0 Å². The second kappa shape index (κ2) is 7.44. The van der Waals surface area contributed by atoms with Gasteiger partial charge in [0.2, 0.25) is 0 Å². The number of aliphatic hydroxyl groups is 1. The van der Waals surface area contributed by atoms with Crippen molar-refractivity contribution in [1.82, 2.24) is 10.3 Å². The van der Waals surface area contributed by atoms with Crippen LogP contribution in [0.4, 0.5) is 0 Å². The van der Waals surface area contributed by atoms with Crippen LogP contribution in [-0.2, 0) is 6.54 Å². The zero-order valence-corrected chi connectivity index (χ0v) is 11.9. The summed E-state index contributed by atoms with van der Waals surface area (Å²) in [6.45, 7) is 0.176. The van der Waals surface area contributed by atoms with Crippen LogP contribution < -0.4 is 5.32 Å². The summed E-state index contributed by atoms with van der Waals surface area (Å²) in [5, 5.41) is 12.1. The molecular formula is C16H13ClN2O2. The second-order valence-electron chi connectivity index (χ2n) is 4.23. The van der Waals surface area contributed by atoms with Gasteiger partial charge < -0.3 is 10.4 Å². The molecule has 2 rings (SSSR count). The minimum Gasteiger partial charge on any atom is -0.384 e. The number of nitrogens with zero attached hydrogens (tertiary/aromatic N) is 1. The van der Waals surface area contributed by atoms with E-state index in [1.165, 1.54) is 6.20 Å². The van der Waals surface area contributed by atoms with E-state index in [4.69, 9.17) is 16.7 Å². The van der Waals surface area contributed by atoms with E-state index in [1.807, 2.05) is 12.1 Å². The van der Waals surface area contributed by atoms with E-state index in [-0.39, 0.29) is 12.5 Å². The number of carbonyl (C=O) groups is 1. The summed E-state index contributed by atoms with van der Waals surface area (Å²) in [7, 11) is 0. The average Bonchev–Trinajstić information content (AvgIpc) is 2.52. The molecule has 21 heavy (non-hydrogen) atoms. The lowest BCUT2D eigenvalue weighted by Crippen LogP contribution is -2.23. The first-order valence-corrected chi connectivity index (χ1v) is 6.64. The van der Waals surface area contributed by atoms with Crippen molar-refractivity contribution in [1.29, 1.82) is 0 Å². The van der Waals surface area contributed by atoms with Crippen molar-refractivity contribution in [3.8, 4) is 11.8 Å². The van der Waals surface area contributed by atoms with Crippen molar-refractivity contribution < 1.29 is 9.90 Å². The predicted molar refractivity (Wildman–Crippen MR) is 80.8 cm³/mol. The maximum atomic E-state index is 12.0. The molecule has 2 N–H and O–H groups in total. The highest BCUT2D eigenvalue weighted by Crippen LogP contribution is 2.09. The molecule has 0 radical (unpaired) electrons. The maximum Gasteiger partial charge on any atom is 0.253 e. The van der Waals surface area contributed by atoms with Crippen LogP contribution in [0.3, 0.4) is 0 Å². The maximum absolute atomic E-state index is 12.0. The van der Waals surface area contributed by atoms with Crippen LogP contribution in [0.1, 0.15) is 21.5 Å². The summed E-state index contributed by atoms with van der Waals surface area (Å²) < 4.78 is 0. The smallest absolute Gasteiger partial charge is 0.253 e. The fourth-order valence-corrected chi connectivity index (χ4v) is 1.79. The zero-order chi connectivity index (χ0) is 15.1. The summed E-state index contributed by atoms with van der Waals surface area (Å²) in [6.07, 6.45) is 3.01. The molecule has 1 heterocycles. The third-order valence-corrected chi connectivity index (χ3v) is 2.93. The van der Waals surface area contributed by atoms with Gasteiger partial charge in [0, 0.05) is 29.5 Å². The first-order chi connectivity index (χ1) is 10.2. The normalized spacial score (nSPS) is 9.62. The molecule has 0 unspecified atom stereocenters. The number of pyridine rings is 1. The molecule has 0 saturated heterocycles. The van der Waals surface area contributed by atoms with E-state index in [9.17, 15) is 4.79 Å².